The summed E-state index contributed by atoms with van der Waals surface area (Å²) >= 11 is 0. The van der Waals surface area contributed by atoms with Crippen LogP contribution in [0.15, 0.2) is 18.7 Å². The molecule has 2 rings (SSSR count). The Hall–Kier alpha value is -0.870. The molecule has 1 aliphatic heterocycles. The molecule has 1 aromatic rings. The van der Waals surface area contributed by atoms with Crippen molar-refractivity contribution in [1.82, 2.24) is 14.5 Å². The molecular weight excluding hydrogens is 166 g/mol. The molecule has 1 fully saturated rings. The normalized spacial score (nSPS) is 23.9. The van der Waals surface area contributed by atoms with E-state index >= 15 is 0 Å². The lowest BCUT2D eigenvalue weighted by atomic mass is 10.3. The Morgan fingerprint density at radius 3 is 3.00 bits per heavy atom. The second-order valence-electron chi connectivity index (χ2n) is 3.54. The molecule has 2 heterocycles. The lowest BCUT2D eigenvalue weighted by Gasteiger charge is -2.14. The number of β-amino-alcohol motifs (C(OH)–C–C–N with tert-alkyl or cyclic N) is 1. The van der Waals surface area contributed by atoms with E-state index in [1.54, 1.807) is 6.20 Å². The number of hydrogen-bond donors (Lipinski definition) is 1. The van der Waals surface area contributed by atoms with Gasteiger partial charge in [-0.3, -0.25) is 4.90 Å². The minimum Gasteiger partial charge on any atom is -0.392 e. The fraction of sp³-hybridized carbons (Fsp3) is 0.667. The molecule has 0 saturated carbocycles. The molecule has 4 nitrogen and oxygen atoms in total. The number of aromatic nitrogens is 2. The number of likely N-dealkylation sites (tertiary alicyclic amines) is 1. The highest BCUT2D eigenvalue weighted by molar-refractivity contribution is 4.77. The third-order valence-electron chi connectivity index (χ3n) is 2.48. The summed E-state index contributed by atoms with van der Waals surface area (Å²) in [5.74, 6) is 0. The van der Waals surface area contributed by atoms with Crippen LogP contribution in [0.5, 0.6) is 0 Å². The van der Waals surface area contributed by atoms with Gasteiger partial charge in [-0.1, -0.05) is 0 Å². The van der Waals surface area contributed by atoms with Crippen LogP contribution in [-0.4, -0.2) is 45.3 Å². The fourth-order valence-corrected chi connectivity index (χ4v) is 1.69. The summed E-state index contributed by atoms with van der Waals surface area (Å²) in [6.07, 6.45) is 6.39. The first-order valence-electron chi connectivity index (χ1n) is 4.71. The first-order valence-corrected chi connectivity index (χ1v) is 4.71. The van der Waals surface area contributed by atoms with E-state index in [2.05, 4.69) is 14.5 Å². The molecule has 4 heteroatoms. The van der Waals surface area contributed by atoms with Crippen LogP contribution < -0.4 is 0 Å². The SMILES string of the molecule is O[C@@H]1CCN(CCn2ccnc2)C1. The summed E-state index contributed by atoms with van der Waals surface area (Å²) in [4.78, 5) is 6.26. The molecule has 0 amide bonds. The van der Waals surface area contributed by atoms with Crippen molar-refractivity contribution in [3.05, 3.63) is 18.7 Å². The van der Waals surface area contributed by atoms with Crippen LogP contribution in [0.1, 0.15) is 6.42 Å². The van der Waals surface area contributed by atoms with Gasteiger partial charge in [0.05, 0.1) is 12.4 Å². The Kier molecular flexibility index (Phi) is 2.61. The molecule has 1 aromatic heterocycles. The van der Waals surface area contributed by atoms with Crippen LogP contribution in [0.4, 0.5) is 0 Å². The Balaban J connectivity index is 1.74. The molecule has 1 aliphatic rings. The summed E-state index contributed by atoms with van der Waals surface area (Å²) in [7, 11) is 0. The zero-order chi connectivity index (χ0) is 9.10. The second-order valence-corrected chi connectivity index (χ2v) is 3.54. The average Bonchev–Trinajstić information content (AvgIpc) is 2.71. The van der Waals surface area contributed by atoms with E-state index < -0.39 is 0 Å². The van der Waals surface area contributed by atoms with Gasteiger partial charge in [0.25, 0.3) is 0 Å². The second kappa shape index (κ2) is 3.89. The fourth-order valence-electron chi connectivity index (χ4n) is 1.69. The van der Waals surface area contributed by atoms with E-state index in [0.717, 1.165) is 32.6 Å². The predicted molar refractivity (Wildman–Crippen MR) is 49.3 cm³/mol. The third-order valence-corrected chi connectivity index (χ3v) is 2.48. The summed E-state index contributed by atoms with van der Waals surface area (Å²) in [5, 5.41) is 9.30. The average molecular weight is 181 g/mol. The molecule has 0 unspecified atom stereocenters. The van der Waals surface area contributed by atoms with Crippen LogP contribution in [0.25, 0.3) is 0 Å². The highest BCUT2D eigenvalue weighted by atomic mass is 16.3. The van der Waals surface area contributed by atoms with Gasteiger partial charge < -0.3 is 9.67 Å². The summed E-state index contributed by atoms with van der Waals surface area (Å²) in [5.41, 5.74) is 0. The monoisotopic (exact) mass is 181 g/mol. The molecule has 0 radical (unpaired) electrons. The first kappa shape index (κ1) is 8.72. The van der Waals surface area contributed by atoms with Crippen molar-refractivity contribution in [2.24, 2.45) is 0 Å². The molecule has 0 bridgehead atoms. The number of aliphatic hydroxyl groups excluding tert-OH is 1. The van der Waals surface area contributed by atoms with Gasteiger partial charge in [0.1, 0.15) is 0 Å². The van der Waals surface area contributed by atoms with Crippen molar-refractivity contribution in [3.8, 4) is 0 Å². The number of rotatable bonds is 3. The first-order chi connectivity index (χ1) is 6.34. The Bertz CT molecular complexity index is 247. The van der Waals surface area contributed by atoms with E-state index in [-0.39, 0.29) is 6.10 Å². The smallest absolute Gasteiger partial charge is 0.0946 e. The Labute approximate surface area is 77.8 Å². The zero-order valence-electron chi connectivity index (χ0n) is 7.63. The Morgan fingerprint density at radius 2 is 2.38 bits per heavy atom. The van der Waals surface area contributed by atoms with E-state index in [4.69, 9.17) is 0 Å². The summed E-state index contributed by atoms with van der Waals surface area (Å²) < 4.78 is 2.06. The van der Waals surface area contributed by atoms with Crippen molar-refractivity contribution >= 4 is 0 Å². The van der Waals surface area contributed by atoms with Crippen molar-refractivity contribution < 1.29 is 5.11 Å². The maximum atomic E-state index is 9.30. The van der Waals surface area contributed by atoms with Gasteiger partial charge in [0, 0.05) is 38.6 Å². The van der Waals surface area contributed by atoms with Crippen LogP contribution in [0, 0.1) is 0 Å². The molecule has 0 aromatic carbocycles. The highest BCUT2D eigenvalue weighted by Crippen LogP contribution is 2.07. The number of hydrogen-bond acceptors (Lipinski definition) is 3. The van der Waals surface area contributed by atoms with E-state index in [9.17, 15) is 5.11 Å². The molecule has 0 aliphatic carbocycles. The van der Waals surface area contributed by atoms with Gasteiger partial charge in [-0.2, -0.15) is 0 Å². The maximum absolute atomic E-state index is 9.30. The van der Waals surface area contributed by atoms with E-state index in [0.29, 0.717) is 0 Å². The lowest BCUT2D eigenvalue weighted by molar-refractivity contribution is 0.175. The molecule has 1 saturated heterocycles. The number of aliphatic hydroxyl groups is 1. The van der Waals surface area contributed by atoms with Gasteiger partial charge >= 0.3 is 0 Å². The van der Waals surface area contributed by atoms with Gasteiger partial charge in [-0.15, -0.1) is 0 Å². The summed E-state index contributed by atoms with van der Waals surface area (Å²) in [6.45, 7) is 3.82. The molecule has 1 N–H and O–H groups in total. The van der Waals surface area contributed by atoms with Crippen LogP contribution in [-0.2, 0) is 6.54 Å². The molecular formula is C9H15N3O. The quantitative estimate of drug-likeness (QED) is 0.711. The van der Waals surface area contributed by atoms with Crippen molar-refractivity contribution in [2.75, 3.05) is 19.6 Å². The molecule has 1 atom stereocenters. The van der Waals surface area contributed by atoms with Gasteiger partial charge in [0.2, 0.25) is 0 Å². The van der Waals surface area contributed by atoms with Gasteiger partial charge in [0.15, 0.2) is 0 Å². The molecule has 13 heavy (non-hydrogen) atoms. The van der Waals surface area contributed by atoms with Crippen molar-refractivity contribution in [1.29, 1.82) is 0 Å². The molecule has 0 spiro atoms. The van der Waals surface area contributed by atoms with E-state index in [1.807, 2.05) is 12.5 Å². The van der Waals surface area contributed by atoms with Crippen molar-refractivity contribution in [2.45, 2.75) is 19.1 Å². The standard InChI is InChI=1S/C9H15N3O/c13-9-1-3-11(7-9)5-6-12-4-2-10-8-12/h2,4,8-9,13H,1,3,5-7H2/t9-/m1/s1. The van der Waals surface area contributed by atoms with Crippen LogP contribution in [0.3, 0.4) is 0 Å². The van der Waals surface area contributed by atoms with Gasteiger partial charge in [-0.25, -0.2) is 4.98 Å². The van der Waals surface area contributed by atoms with Crippen LogP contribution in [0.2, 0.25) is 0 Å². The third kappa shape index (κ3) is 2.29. The minimum atomic E-state index is -0.109. The largest absolute Gasteiger partial charge is 0.392 e. The maximum Gasteiger partial charge on any atom is 0.0946 e. The molecule has 72 valence electrons. The van der Waals surface area contributed by atoms with E-state index in [1.165, 1.54) is 0 Å². The predicted octanol–water partition coefficient (Wildman–Crippen LogP) is -0.0503. The van der Waals surface area contributed by atoms with Gasteiger partial charge in [-0.05, 0) is 6.42 Å². The van der Waals surface area contributed by atoms with Crippen molar-refractivity contribution in [3.63, 3.8) is 0 Å². The summed E-state index contributed by atoms with van der Waals surface area (Å²) in [6, 6.07) is 0. The lowest BCUT2D eigenvalue weighted by Crippen LogP contribution is -2.25. The minimum absolute atomic E-state index is 0.109. The Morgan fingerprint density at radius 1 is 1.46 bits per heavy atom. The van der Waals surface area contributed by atoms with Crippen LogP contribution >= 0.6 is 0 Å². The number of nitrogens with zero attached hydrogens (tertiary/aromatic N) is 3. The zero-order valence-corrected chi connectivity index (χ0v) is 7.63. The highest BCUT2D eigenvalue weighted by Gasteiger charge is 2.19. The topological polar surface area (TPSA) is 41.3 Å². The number of imidazole rings is 1.